The fourth-order valence-electron chi connectivity index (χ4n) is 4.10. The summed E-state index contributed by atoms with van der Waals surface area (Å²) in [4.78, 5) is 0. The lowest BCUT2D eigenvalue weighted by Gasteiger charge is -2.49. The molecule has 4 heteroatoms. The molecule has 0 aromatic heterocycles. The number of amidine groups is 1. The Morgan fingerprint density at radius 2 is 2.05 bits per heavy atom. The van der Waals surface area contributed by atoms with Crippen LogP contribution in [0.3, 0.4) is 0 Å². The van der Waals surface area contributed by atoms with E-state index in [9.17, 15) is 5.11 Å². The van der Waals surface area contributed by atoms with Crippen molar-refractivity contribution in [3.63, 3.8) is 0 Å². The normalized spacial score (nSPS) is 32.2. The van der Waals surface area contributed by atoms with Crippen molar-refractivity contribution in [3.8, 4) is 0 Å². The van der Waals surface area contributed by atoms with Gasteiger partial charge in [0.1, 0.15) is 5.84 Å². The Balaban J connectivity index is 1.79. The van der Waals surface area contributed by atoms with Crippen LogP contribution in [-0.4, -0.2) is 22.6 Å². The van der Waals surface area contributed by atoms with Gasteiger partial charge in [-0.15, -0.1) is 0 Å². The molecule has 0 amide bonds. The molecule has 2 saturated carbocycles. The lowest BCUT2D eigenvalue weighted by molar-refractivity contribution is -0.0835. The maximum atomic E-state index is 11.2. The van der Waals surface area contributed by atoms with Crippen molar-refractivity contribution >= 4 is 11.5 Å². The van der Waals surface area contributed by atoms with E-state index in [1.54, 1.807) is 0 Å². The maximum Gasteiger partial charge on any atom is 0.122 e. The van der Waals surface area contributed by atoms with E-state index in [1.807, 2.05) is 24.3 Å². The van der Waals surface area contributed by atoms with Crippen LogP contribution in [0.1, 0.15) is 50.5 Å². The number of hydrogen-bond acceptors (Lipinski definition) is 3. The molecule has 1 aromatic rings. The van der Waals surface area contributed by atoms with Crippen molar-refractivity contribution in [3.05, 3.63) is 29.8 Å². The van der Waals surface area contributed by atoms with Crippen molar-refractivity contribution in [2.45, 2.75) is 56.6 Å². The quantitative estimate of drug-likeness (QED) is 0.509. The van der Waals surface area contributed by atoms with Crippen LogP contribution in [0, 0.1) is 11.3 Å². The number of anilines is 1. The van der Waals surface area contributed by atoms with Gasteiger partial charge in [0, 0.05) is 11.3 Å². The third-order valence-corrected chi connectivity index (χ3v) is 5.25. The number of nitrogens with one attached hydrogen (secondary N) is 2. The summed E-state index contributed by atoms with van der Waals surface area (Å²) in [5.74, 6) is 0.519. The van der Waals surface area contributed by atoms with Crippen LogP contribution < -0.4 is 11.1 Å². The number of hydrogen-bond donors (Lipinski definition) is 4. The second kappa shape index (κ2) is 5.68. The summed E-state index contributed by atoms with van der Waals surface area (Å²) >= 11 is 0. The van der Waals surface area contributed by atoms with Gasteiger partial charge in [0.05, 0.1) is 11.6 Å². The monoisotopic (exact) mass is 287 g/mol. The second-order valence-electron chi connectivity index (χ2n) is 6.56. The van der Waals surface area contributed by atoms with Crippen LogP contribution in [0.15, 0.2) is 24.3 Å². The van der Waals surface area contributed by atoms with Gasteiger partial charge in [-0.25, -0.2) is 0 Å². The van der Waals surface area contributed by atoms with E-state index < -0.39 is 5.60 Å². The summed E-state index contributed by atoms with van der Waals surface area (Å²) in [5, 5.41) is 22.2. The standard InChI is InChI=1S/C17H25N3O/c18-16(19)12-5-3-8-14(11-12)20-15-9-4-7-13-6-1-2-10-17(13,15)21/h3,5,8,11,13,15,20-21H,1-2,4,6-7,9-10H2,(H3,18,19)/t13-,15?,17?/m1/s1. The molecule has 3 atom stereocenters. The summed E-state index contributed by atoms with van der Waals surface area (Å²) in [6.45, 7) is 0. The first kappa shape index (κ1) is 14.4. The van der Waals surface area contributed by atoms with Gasteiger partial charge >= 0.3 is 0 Å². The lowest BCUT2D eigenvalue weighted by Crippen LogP contribution is -2.56. The van der Waals surface area contributed by atoms with Gasteiger partial charge in [-0.05, 0) is 43.7 Å². The lowest BCUT2D eigenvalue weighted by atomic mass is 9.65. The van der Waals surface area contributed by atoms with Crippen molar-refractivity contribution in [1.29, 1.82) is 5.41 Å². The zero-order valence-corrected chi connectivity index (χ0v) is 12.4. The smallest absolute Gasteiger partial charge is 0.122 e. The van der Waals surface area contributed by atoms with Crippen LogP contribution in [0.5, 0.6) is 0 Å². The van der Waals surface area contributed by atoms with E-state index in [2.05, 4.69) is 5.32 Å². The van der Waals surface area contributed by atoms with Crippen LogP contribution in [0.2, 0.25) is 0 Å². The van der Waals surface area contributed by atoms with Crippen molar-refractivity contribution < 1.29 is 5.11 Å². The van der Waals surface area contributed by atoms with Crippen LogP contribution in [0.25, 0.3) is 0 Å². The molecule has 2 aliphatic rings. The average molecular weight is 287 g/mol. The molecular weight excluding hydrogens is 262 g/mol. The Bertz CT molecular complexity index is 529. The Morgan fingerprint density at radius 1 is 1.24 bits per heavy atom. The molecule has 3 rings (SSSR count). The topological polar surface area (TPSA) is 82.1 Å². The number of nitrogens with two attached hydrogens (primary N) is 1. The van der Waals surface area contributed by atoms with Crippen molar-refractivity contribution in [2.75, 3.05) is 5.32 Å². The highest BCUT2D eigenvalue weighted by atomic mass is 16.3. The van der Waals surface area contributed by atoms with E-state index >= 15 is 0 Å². The molecule has 2 aliphatic carbocycles. The fraction of sp³-hybridized carbons (Fsp3) is 0.588. The Hall–Kier alpha value is -1.55. The van der Waals surface area contributed by atoms with Crippen LogP contribution in [0.4, 0.5) is 5.69 Å². The van der Waals surface area contributed by atoms with Crippen molar-refractivity contribution in [2.24, 2.45) is 11.7 Å². The third kappa shape index (κ3) is 2.77. The molecule has 0 heterocycles. The highest BCUT2D eigenvalue weighted by Gasteiger charge is 2.47. The second-order valence-corrected chi connectivity index (χ2v) is 6.56. The minimum absolute atomic E-state index is 0.0801. The summed E-state index contributed by atoms with van der Waals surface area (Å²) in [6.07, 6.45) is 7.78. The zero-order chi connectivity index (χ0) is 14.9. The van der Waals surface area contributed by atoms with E-state index in [0.717, 1.165) is 43.4 Å². The number of rotatable bonds is 3. The van der Waals surface area contributed by atoms with E-state index in [4.69, 9.17) is 11.1 Å². The Morgan fingerprint density at radius 3 is 2.86 bits per heavy atom. The molecular formula is C17H25N3O. The van der Waals surface area contributed by atoms with Gasteiger partial charge in [0.25, 0.3) is 0 Å². The first-order valence-electron chi connectivity index (χ1n) is 8.03. The molecule has 1 aromatic carbocycles. The molecule has 114 valence electrons. The van der Waals surface area contributed by atoms with Gasteiger partial charge in [-0.2, -0.15) is 0 Å². The number of nitrogen functional groups attached to an aromatic ring is 1. The van der Waals surface area contributed by atoms with Crippen molar-refractivity contribution in [1.82, 2.24) is 0 Å². The fourth-order valence-corrected chi connectivity index (χ4v) is 4.10. The first-order valence-corrected chi connectivity index (χ1v) is 8.03. The van der Waals surface area contributed by atoms with E-state index in [1.165, 1.54) is 12.8 Å². The van der Waals surface area contributed by atoms with Gasteiger partial charge in [-0.3, -0.25) is 5.41 Å². The highest BCUT2D eigenvalue weighted by molar-refractivity contribution is 5.95. The number of benzene rings is 1. The SMILES string of the molecule is N=C(N)c1cccc(NC2CCC[C@H]3CCCCC23O)c1. The molecule has 2 unspecified atom stereocenters. The molecule has 21 heavy (non-hydrogen) atoms. The molecule has 5 N–H and O–H groups in total. The summed E-state index contributed by atoms with van der Waals surface area (Å²) in [6, 6.07) is 7.75. The van der Waals surface area contributed by atoms with Gasteiger partial charge in [-0.1, -0.05) is 31.4 Å². The van der Waals surface area contributed by atoms with Gasteiger partial charge in [0.2, 0.25) is 0 Å². The van der Waals surface area contributed by atoms with Crippen LogP contribution in [-0.2, 0) is 0 Å². The summed E-state index contributed by atoms with van der Waals surface area (Å²) < 4.78 is 0. The van der Waals surface area contributed by atoms with Gasteiger partial charge < -0.3 is 16.2 Å². The minimum Gasteiger partial charge on any atom is -0.387 e. The van der Waals surface area contributed by atoms with Crippen LogP contribution >= 0.6 is 0 Å². The van der Waals surface area contributed by atoms with Gasteiger partial charge in [0.15, 0.2) is 0 Å². The Labute approximate surface area is 126 Å². The maximum absolute atomic E-state index is 11.2. The molecule has 0 spiro atoms. The average Bonchev–Trinajstić information content (AvgIpc) is 2.48. The number of fused-ring (bicyclic) bond motifs is 1. The number of aliphatic hydroxyl groups is 1. The summed E-state index contributed by atoms with van der Waals surface area (Å²) in [7, 11) is 0. The minimum atomic E-state index is -0.567. The summed E-state index contributed by atoms with van der Waals surface area (Å²) in [5.41, 5.74) is 6.66. The molecule has 0 saturated heterocycles. The molecule has 0 aliphatic heterocycles. The highest BCUT2D eigenvalue weighted by Crippen LogP contribution is 2.44. The molecule has 4 nitrogen and oxygen atoms in total. The molecule has 2 fully saturated rings. The predicted octanol–water partition coefficient (Wildman–Crippen LogP) is 2.86. The first-order chi connectivity index (χ1) is 10.1. The molecule has 0 bridgehead atoms. The zero-order valence-electron chi connectivity index (χ0n) is 12.4. The Kier molecular flexibility index (Phi) is 3.89. The molecule has 0 radical (unpaired) electrons. The third-order valence-electron chi connectivity index (χ3n) is 5.25. The van der Waals surface area contributed by atoms with E-state index in [0.29, 0.717) is 5.92 Å². The predicted molar refractivity (Wildman–Crippen MR) is 85.6 cm³/mol. The van der Waals surface area contributed by atoms with E-state index in [-0.39, 0.29) is 11.9 Å². The largest absolute Gasteiger partial charge is 0.387 e.